The fourth-order valence-corrected chi connectivity index (χ4v) is 6.19. The standard InChI is InChI=1S/C20H36N4O5Si.C14H22N4O5/c1-19(2,3)29-18(27)23-10-11-24-14(13-23)15(22-17(24)26)16(25)21-9-12-28-30(7,8)20(4,5)6;1-14(2,3)23-13(22)17-5-6-18-9(8-17)10(16-12(18)21)11(20)15-4-7-19/h9-13H2,1-8H3,(H,21,25)(H,22,26);19H,4-8H2,1-3H3,(H,15,20)(H,16,21). The zero-order valence-corrected chi connectivity index (χ0v) is 34.0. The minimum atomic E-state index is -1.89. The van der Waals surface area contributed by atoms with Crippen molar-refractivity contribution in [1.29, 1.82) is 0 Å². The molecule has 298 valence electrons. The number of H-pyrrole nitrogens is 2. The second kappa shape index (κ2) is 16.8. The number of nitrogens with one attached hydrogen (secondary N) is 4. The van der Waals surface area contributed by atoms with Gasteiger partial charge in [0.1, 0.15) is 22.6 Å². The first kappa shape index (κ1) is 43.0. The maximum Gasteiger partial charge on any atom is 0.410 e. The van der Waals surface area contributed by atoms with Crippen LogP contribution in [0, 0.1) is 0 Å². The molecule has 2 aliphatic heterocycles. The Morgan fingerprint density at radius 2 is 1.09 bits per heavy atom. The predicted octanol–water partition coefficient (Wildman–Crippen LogP) is 2.33. The number of amides is 4. The van der Waals surface area contributed by atoms with Crippen LogP contribution in [0.3, 0.4) is 0 Å². The molecule has 0 fully saturated rings. The van der Waals surface area contributed by atoms with E-state index in [4.69, 9.17) is 19.0 Å². The van der Waals surface area contributed by atoms with Crippen LogP contribution in [0.1, 0.15) is 94.7 Å². The highest BCUT2D eigenvalue weighted by Gasteiger charge is 2.37. The first-order valence-electron chi connectivity index (χ1n) is 17.8. The van der Waals surface area contributed by atoms with E-state index in [0.717, 1.165) is 0 Å². The van der Waals surface area contributed by atoms with Crippen molar-refractivity contribution in [2.24, 2.45) is 0 Å². The van der Waals surface area contributed by atoms with E-state index in [0.29, 0.717) is 44.2 Å². The number of nitrogens with zero attached hydrogens (tertiary/aromatic N) is 4. The Balaban J connectivity index is 0.000000295. The van der Waals surface area contributed by atoms with Crippen LogP contribution >= 0.6 is 0 Å². The maximum absolute atomic E-state index is 12.7. The quantitative estimate of drug-likeness (QED) is 0.195. The monoisotopic (exact) mass is 766 g/mol. The number of carbonyl (C=O) groups excluding carboxylic acids is 4. The molecule has 2 aromatic rings. The summed E-state index contributed by atoms with van der Waals surface area (Å²) in [7, 11) is -1.89. The number of ether oxygens (including phenoxy) is 2. The normalized spacial score (nSPS) is 14.7. The Morgan fingerprint density at radius 1 is 0.698 bits per heavy atom. The molecule has 5 N–H and O–H groups in total. The van der Waals surface area contributed by atoms with E-state index < -0.39 is 43.3 Å². The van der Waals surface area contributed by atoms with Gasteiger partial charge in [-0.2, -0.15) is 0 Å². The lowest BCUT2D eigenvalue weighted by Crippen LogP contribution is -2.43. The molecule has 18 nitrogen and oxygen atoms in total. The molecule has 0 bridgehead atoms. The summed E-state index contributed by atoms with van der Waals surface area (Å²) >= 11 is 0. The Hall–Kier alpha value is -4.36. The van der Waals surface area contributed by atoms with Gasteiger partial charge in [-0.3, -0.25) is 18.7 Å². The van der Waals surface area contributed by atoms with Gasteiger partial charge in [0.15, 0.2) is 8.32 Å². The van der Waals surface area contributed by atoms with Crippen LogP contribution in [0.5, 0.6) is 0 Å². The highest BCUT2D eigenvalue weighted by atomic mass is 28.4. The second-order valence-electron chi connectivity index (χ2n) is 16.5. The molecule has 0 aromatic carbocycles. The van der Waals surface area contributed by atoms with Gasteiger partial charge in [0.25, 0.3) is 11.8 Å². The van der Waals surface area contributed by atoms with Crippen molar-refractivity contribution in [3.63, 3.8) is 0 Å². The van der Waals surface area contributed by atoms with Crippen molar-refractivity contribution in [3.05, 3.63) is 43.7 Å². The molecule has 4 heterocycles. The van der Waals surface area contributed by atoms with Crippen LogP contribution in [0.2, 0.25) is 18.1 Å². The largest absolute Gasteiger partial charge is 0.444 e. The molecular formula is C34H58N8O10Si. The summed E-state index contributed by atoms with van der Waals surface area (Å²) in [5, 5.41) is 14.2. The summed E-state index contributed by atoms with van der Waals surface area (Å²) in [6.07, 6.45) is -0.948. The van der Waals surface area contributed by atoms with Crippen LogP contribution in [0.15, 0.2) is 9.59 Å². The lowest BCUT2D eigenvalue weighted by Gasteiger charge is -2.36. The zero-order chi connectivity index (χ0) is 40.1. The van der Waals surface area contributed by atoms with Gasteiger partial charge < -0.3 is 49.4 Å². The third-order valence-electron chi connectivity index (χ3n) is 8.86. The van der Waals surface area contributed by atoms with Gasteiger partial charge in [-0.1, -0.05) is 20.8 Å². The Bertz CT molecular complexity index is 1750. The molecule has 0 radical (unpaired) electrons. The van der Waals surface area contributed by atoms with Crippen molar-refractivity contribution in [2.75, 3.05) is 39.4 Å². The molecule has 0 atom stereocenters. The van der Waals surface area contributed by atoms with Crippen molar-refractivity contribution >= 4 is 32.3 Å². The number of aliphatic hydroxyl groups excluding tert-OH is 1. The summed E-state index contributed by atoms with van der Waals surface area (Å²) in [6.45, 7) is 23.7. The molecule has 0 saturated heterocycles. The molecule has 2 aromatic heterocycles. The van der Waals surface area contributed by atoms with E-state index in [1.165, 1.54) is 18.9 Å². The van der Waals surface area contributed by atoms with Crippen molar-refractivity contribution < 1.29 is 38.2 Å². The summed E-state index contributed by atoms with van der Waals surface area (Å²) in [6, 6.07) is 0. The van der Waals surface area contributed by atoms with Gasteiger partial charge in [-0.25, -0.2) is 19.2 Å². The van der Waals surface area contributed by atoms with Crippen LogP contribution in [-0.2, 0) is 40.1 Å². The highest BCUT2D eigenvalue weighted by Crippen LogP contribution is 2.36. The van der Waals surface area contributed by atoms with E-state index in [1.807, 2.05) is 0 Å². The number of hydrogen-bond donors (Lipinski definition) is 5. The van der Waals surface area contributed by atoms with E-state index in [9.17, 15) is 28.8 Å². The average molecular weight is 767 g/mol. The highest BCUT2D eigenvalue weighted by molar-refractivity contribution is 6.74. The van der Waals surface area contributed by atoms with Gasteiger partial charge in [0, 0.05) is 39.3 Å². The number of hydrogen-bond acceptors (Lipinski definition) is 10. The van der Waals surface area contributed by atoms with Gasteiger partial charge in [0.05, 0.1) is 37.7 Å². The van der Waals surface area contributed by atoms with E-state index in [2.05, 4.69) is 54.5 Å². The molecule has 0 spiro atoms. The molecule has 0 saturated carbocycles. The molecule has 0 unspecified atom stereocenters. The summed E-state index contributed by atoms with van der Waals surface area (Å²) in [5.74, 6) is -0.873. The van der Waals surface area contributed by atoms with Crippen LogP contribution in [0.4, 0.5) is 9.59 Å². The Labute approximate surface area is 310 Å². The van der Waals surface area contributed by atoms with Gasteiger partial charge in [-0.05, 0) is 59.7 Å². The molecule has 0 aliphatic carbocycles. The van der Waals surface area contributed by atoms with E-state index in [1.54, 1.807) is 41.5 Å². The van der Waals surface area contributed by atoms with Crippen molar-refractivity contribution in [1.82, 2.24) is 39.5 Å². The summed E-state index contributed by atoms with van der Waals surface area (Å²) < 4.78 is 19.7. The van der Waals surface area contributed by atoms with Crippen LogP contribution in [0.25, 0.3) is 0 Å². The minimum absolute atomic E-state index is 0.0846. The van der Waals surface area contributed by atoms with Gasteiger partial charge >= 0.3 is 23.6 Å². The number of aliphatic hydroxyl groups is 1. The third-order valence-corrected chi connectivity index (χ3v) is 13.4. The third kappa shape index (κ3) is 11.6. The number of aromatic nitrogens is 4. The summed E-state index contributed by atoms with van der Waals surface area (Å²) in [5.41, 5.74) is -0.765. The van der Waals surface area contributed by atoms with Crippen molar-refractivity contribution in [3.8, 4) is 0 Å². The van der Waals surface area contributed by atoms with Crippen molar-refractivity contribution in [2.45, 2.75) is 118 Å². The Kier molecular flexibility index (Phi) is 13.6. The summed E-state index contributed by atoms with van der Waals surface area (Å²) in [4.78, 5) is 81.5. The second-order valence-corrected chi connectivity index (χ2v) is 21.3. The maximum atomic E-state index is 12.7. The molecule has 53 heavy (non-hydrogen) atoms. The minimum Gasteiger partial charge on any atom is -0.444 e. The topological polar surface area (TPSA) is 222 Å². The zero-order valence-electron chi connectivity index (χ0n) is 33.0. The molecule has 19 heteroatoms. The van der Waals surface area contributed by atoms with Gasteiger partial charge in [0.2, 0.25) is 0 Å². The van der Waals surface area contributed by atoms with Gasteiger partial charge in [-0.15, -0.1) is 0 Å². The number of aromatic amines is 2. The fraction of sp³-hybridized carbons (Fsp3) is 0.706. The van der Waals surface area contributed by atoms with E-state index in [-0.39, 0.29) is 60.8 Å². The first-order valence-corrected chi connectivity index (χ1v) is 20.7. The first-order chi connectivity index (χ1) is 24.3. The van der Waals surface area contributed by atoms with Crippen LogP contribution in [-0.4, -0.2) is 117 Å². The Morgan fingerprint density at radius 3 is 1.45 bits per heavy atom. The SMILES string of the molecule is CC(C)(C)OC(=O)N1CCn2c(c(C(=O)NCCO)[nH]c2=O)C1.CC(C)(C)OC(=O)N1CCn2c(c(C(=O)NCCO[Si](C)(C)C(C)(C)C)[nH]c2=O)C1. The molecule has 2 aliphatic rings. The number of fused-ring (bicyclic) bond motifs is 2. The average Bonchev–Trinajstić information content (AvgIpc) is 3.55. The molecule has 4 amide bonds. The molecular weight excluding hydrogens is 709 g/mol. The number of rotatable bonds is 8. The lowest BCUT2D eigenvalue weighted by molar-refractivity contribution is 0.0187. The van der Waals surface area contributed by atoms with E-state index >= 15 is 0 Å². The lowest BCUT2D eigenvalue weighted by atomic mass is 10.2. The molecule has 4 rings (SSSR count). The smallest absolute Gasteiger partial charge is 0.410 e. The number of carbonyl (C=O) groups is 4. The predicted molar refractivity (Wildman–Crippen MR) is 198 cm³/mol. The number of imidazole rings is 2. The fourth-order valence-electron chi connectivity index (χ4n) is 5.14. The van der Waals surface area contributed by atoms with Crippen LogP contribution < -0.4 is 22.0 Å².